The van der Waals surface area contributed by atoms with E-state index in [0.29, 0.717) is 24.0 Å². The molecule has 0 spiro atoms. The van der Waals surface area contributed by atoms with Gasteiger partial charge in [0.15, 0.2) is 0 Å². The van der Waals surface area contributed by atoms with Crippen molar-refractivity contribution in [2.75, 3.05) is 11.9 Å². The largest absolute Gasteiger partial charge is 0.494 e. The lowest BCUT2D eigenvalue weighted by atomic mass is 9.76. The molecule has 0 unspecified atom stereocenters. The SMILES string of the molecule is CCOc1cc2c(c([N+](=O)[O-])c1)N[C@H](c1ccccc1)[C@@H]1CC=C[C@@H]21. The molecule has 5 nitrogen and oxygen atoms in total. The van der Waals surface area contributed by atoms with Crippen LogP contribution in [0, 0.1) is 16.0 Å². The average molecular weight is 336 g/mol. The van der Waals surface area contributed by atoms with E-state index < -0.39 is 0 Å². The molecule has 2 aromatic rings. The molecule has 0 aromatic heterocycles. The Hall–Kier alpha value is -2.82. The quantitative estimate of drug-likeness (QED) is 0.494. The number of anilines is 1. The summed E-state index contributed by atoms with van der Waals surface area (Å²) < 4.78 is 5.57. The monoisotopic (exact) mass is 336 g/mol. The molecule has 1 aliphatic heterocycles. The van der Waals surface area contributed by atoms with Crippen molar-refractivity contribution < 1.29 is 9.66 Å². The van der Waals surface area contributed by atoms with E-state index in [-0.39, 0.29) is 22.6 Å². The molecule has 0 saturated carbocycles. The van der Waals surface area contributed by atoms with Crippen molar-refractivity contribution in [3.05, 3.63) is 75.9 Å². The number of hydrogen-bond acceptors (Lipinski definition) is 4. The molecule has 1 heterocycles. The summed E-state index contributed by atoms with van der Waals surface area (Å²) in [5.74, 6) is 1.08. The molecule has 1 N–H and O–H groups in total. The lowest BCUT2D eigenvalue weighted by molar-refractivity contribution is -0.384. The van der Waals surface area contributed by atoms with E-state index in [1.807, 2.05) is 31.2 Å². The second kappa shape index (κ2) is 6.24. The summed E-state index contributed by atoms with van der Waals surface area (Å²) in [6, 6.07) is 13.7. The molecular formula is C20H20N2O3. The molecule has 0 fully saturated rings. The van der Waals surface area contributed by atoms with Crippen molar-refractivity contribution in [3.63, 3.8) is 0 Å². The normalized spacial score (nSPS) is 23.5. The van der Waals surface area contributed by atoms with Gasteiger partial charge < -0.3 is 10.1 Å². The number of fused-ring (bicyclic) bond motifs is 3. The van der Waals surface area contributed by atoms with Crippen LogP contribution in [0.25, 0.3) is 0 Å². The standard InChI is InChI=1S/C20H20N2O3/c1-2-25-14-11-17-15-9-6-10-16(15)19(13-7-4-3-5-8-13)21-20(17)18(12-14)22(23)24/h3-9,11-12,15-16,19,21H,2,10H2,1H3/t15-,16-,19-/m1/s1. The lowest BCUT2D eigenvalue weighted by Gasteiger charge is -2.37. The van der Waals surface area contributed by atoms with Crippen LogP contribution in [0.1, 0.15) is 36.4 Å². The molecule has 4 rings (SSSR count). The molecule has 2 aliphatic rings. The van der Waals surface area contributed by atoms with E-state index in [9.17, 15) is 10.1 Å². The van der Waals surface area contributed by atoms with Crippen LogP contribution >= 0.6 is 0 Å². The number of nitrogens with zero attached hydrogens (tertiary/aromatic N) is 1. The first-order chi connectivity index (χ1) is 12.2. The summed E-state index contributed by atoms with van der Waals surface area (Å²) in [7, 11) is 0. The number of allylic oxidation sites excluding steroid dienone is 2. The first-order valence-corrected chi connectivity index (χ1v) is 8.62. The average Bonchev–Trinajstić information content (AvgIpc) is 3.11. The van der Waals surface area contributed by atoms with Crippen LogP contribution in [0.3, 0.4) is 0 Å². The van der Waals surface area contributed by atoms with E-state index in [2.05, 4.69) is 29.6 Å². The van der Waals surface area contributed by atoms with Crippen LogP contribution in [0.2, 0.25) is 0 Å². The van der Waals surface area contributed by atoms with Crippen LogP contribution in [-0.4, -0.2) is 11.5 Å². The Balaban J connectivity index is 1.85. The first-order valence-electron chi connectivity index (χ1n) is 8.62. The van der Waals surface area contributed by atoms with E-state index >= 15 is 0 Å². The van der Waals surface area contributed by atoms with Crippen LogP contribution < -0.4 is 10.1 Å². The van der Waals surface area contributed by atoms with Crippen molar-refractivity contribution in [2.24, 2.45) is 5.92 Å². The summed E-state index contributed by atoms with van der Waals surface area (Å²) in [5, 5.41) is 15.1. The minimum atomic E-state index is -0.324. The van der Waals surface area contributed by atoms with Crippen LogP contribution in [-0.2, 0) is 0 Å². The van der Waals surface area contributed by atoms with E-state index in [1.54, 1.807) is 0 Å². The molecule has 0 saturated heterocycles. The van der Waals surface area contributed by atoms with Gasteiger partial charge in [0.2, 0.25) is 0 Å². The Kier molecular flexibility index (Phi) is 3.92. The molecule has 0 bridgehead atoms. The number of rotatable bonds is 4. The van der Waals surface area contributed by atoms with Crippen molar-refractivity contribution in [3.8, 4) is 5.75 Å². The fraction of sp³-hybridized carbons (Fsp3) is 0.300. The molecule has 2 aromatic carbocycles. The third-order valence-corrected chi connectivity index (χ3v) is 5.09. The van der Waals surface area contributed by atoms with Gasteiger partial charge >= 0.3 is 0 Å². The molecule has 1 aliphatic carbocycles. The van der Waals surface area contributed by atoms with Crippen LogP contribution in [0.5, 0.6) is 5.75 Å². The third-order valence-electron chi connectivity index (χ3n) is 5.09. The predicted octanol–water partition coefficient (Wildman–Crippen LogP) is 4.82. The Morgan fingerprint density at radius 2 is 2.08 bits per heavy atom. The van der Waals surface area contributed by atoms with Gasteiger partial charge in [-0.15, -0.1) is 0 Å². The minimum absolute atomic E-state index is 0.0605. The van der Waals surface area contributed by atoms with E-state index in [0.717, 1.165) is 17.5 Å². The maximum absolute atomic E-state index is 11.7. The molecule has 0 radical (unpaired) electrons. The highest BCUT2D eigenvalue weighted by atomic mass is 16.6. The minimum Gasteiger partial charge on any atom is -0.494 e. The highest BCUT2D eigenvalue weighted by Crippen LogP contribution is 2.53. The molecule has 25 heavy (non-hydrogen) atoms. The third kappa shape index (κ3) is 2.65. The lowest BCUT2D eigenvalue weighted by Crippen LogP contribution is -2.29. The molecular weight excluding hydrogens is 316 g/mol. The highest BCUT2D eigenvalue weighted by Gasteiger charge is 2.41. The van der Waals surface area contributed by atoms with Crippen molar-refractivity contribution in [2.45, 2.75) is 25.3 Å². The van der Waals surface area contributed by atoms with Gasteiger partial charge in [0, 0.05) is 5.92 Å². The second-order valence-electron chi connectivity index (χ2n) is 6.48. The van der Waals surface area contributed by atoms with Crippen LogP contribution in [0.15, 0.2) is 54.6 Å². The Morgan fingerprint density at radius 1 is 1.28 bits per heavy atom. The number of ether oxygens (including phenoxy) is 1. The second-order valence-corrected chi connectivity index (χ2v) is 6.48. The number of nitrogens with one attached hydrogen (secondary N) is 1. The number of nitro groups is 1. The number of hydrogen-bond donors (Lipinski definition) is 1. The maximum atomic E-state index is 11.7. The van der Waals surface area contributed by atoms with Gasteiger partial charge in [-0.25, -0.2) is 0 Å². The van der Waals surface area contributed by atoms with Gasteiger partial charge in [-0.3, -0.25) is 10.1 Å². The Bertz CT molecular complexity index is 832. The zero-order valence-electron chi connectivity index (χ0n) is 14.0. The topological polar surface area (TPSA) is 64.4 Å². The van der Waals surface area contributed by atoms with E-state index in [1.165, 1.54) is 6.07 Å². The van der Waals surface area contributed by atoms with E-state index in [4.69, 9.17) is 4.74 Å². The Morgan fingerprint density at radius 3 is 2.80 bits per heavy atom. The molecule has 5 heteroatoms. The zero-order chi connectivity index (χ0) is 17.4. The summed E-state index contributed by atoms with van der Waals surface area (Å²) in [4.78, 5) is 11.3. The van der Waals surface area contributed by atoms with Crippen molar-refractivity contribution >= 4 is 11.4 Å². The molecule has 128 valence electrons. The maximum Gasteiger partial charge on any atom is 0.296 e. The summed E-state index contributed by atoms with van der Waals surface area (Å²) in [5.41, 5.74) is 2.83. The van der Waals surface area contributed by atoms with Gasteiger partial charge in [-0.05, 0) is 36.5 Å². The van der Waals surface area contributed by atoms with Crippen molar-refractivity contribution in [1.82, 2.24) is 0 Å². The fourth-order valence-corrected chi connectivity index (χ4v) is 4.04. The van der Waals surface area contributed by atoms with Gasteiger partial charge in [0.05, 0.1) is 23.6 Å². The summed E-state index contributed by atoms with van der Waals surface area (Å²) >= 11 is 0. The van der Waals surface area contributed by atoms with Crippen LogP contribution in [0.4, 0.5) is 11.4 Å². The summed E-state index contributed by atoms with van der Waals surface area (Å²) in [6.07, 6.45) is 5.32. The predicted molar refractivity (Wildman–Crippen MR) is 97.1 cm³/mol. The smallest absolute Gasteiger partial charge is 0.296 e. The number of nitro benzene ring substituents is 1. The number of benzene rings is 2. The first kappa shape index (κ1) is 15.7. The van der Waals surface area contributed by atoms with Gasteiger partial charge in [-0.2, -0.15) is 0 Å². The molecule has 3 atom stereocenters. The van der Waals surface area contributed by atoms with Gasteiger partial charge in [0.25, 0.3) is 5.69 Å². The highest BCUT2D eigenvalue weighted by molar-refractivity contribution is 5.73. The zero-order valence-corrected chi connectivity index (χ0v) is 14.0. The van der Waals surface area contributed by atoms with Gasteiger partial charge in [0.1, 0.15) is 11.4 Å². The summed E-state index contributed by atoms with van der Waals surface area (Å²) in [6.45, 7) is 2.37. The molecule has 0 amide bonds. The fourth-order valence-electron chi connectivity index (χ4n) is 4.04. The van der Waals surface area contributed by atoms with Gasteiger partial charge in [-0.1, -0.05) is 42.5 Å². The Labute approximate surface area is 146 Å². The van der Waals surface area contributed by atoms with Crippen molar-refractivity contribution in [1.29, 1.82) is 0 Å².